The Morgan fingerprint density at radius 3 is 2.40 bits per heavy atom. The first-order valence-corrected chi connectivity index (χ1v) is 7.79. The number of rotatable bonds is 5. The molecule has 0 unspecified atom stereocenters. The highest BCUT2D eigenvalue weighted by molar-refractivity contribution is 6.74. The summed E-state index contributed by atoms with van der Waals surface area (Å²) in [5.74, 6) is 0. The smallest absolute Gasteiger partial charge is 0.193 e. The first-order valence-electron chi connectivity index (χ1n) is 4.88. The minimum Gasteiger partial charge on any atom is -0.407 e. The third-order valence-electron chi connectivity index (χ3n) is 2.73. The van der Waals surface area contributed by atoms with Crippen LogP contribution < -0.4 is 0 Å². The Labute approximate surface area is 91.6 Å². The molecule has 5 nitrogen and oxygen atoms in total. The molecule has 0 spiro atoms. The summed E-state index contributed by atoms with van der Waals surface area (Å²) in [4.78, 5) is 13.3. The molecule has 0 amide bonds. The zero-order valence-electron chi connectivity index (χ0n) is 10.0. The van der Waals surface area contributed by atoms with Gasteiger partial charge >= 0.3 is 0 Å². The van der Waals surface area contributed by atoms with Gasteiger partial charge < -0.3 is 9.22 Å². The number of carbonyl (C=O) groups excluding carboxylic acids is 1. The largest absolute Gasteiger partial charge is 0.407 e. The molecule has 86 valence electrons. The maximum atomic E-state index is 10.7. The average molecular weight is 229 g/mol. The first-order chi connectivity index (χ1) is 6.74. The van der Waals surface area contributed by atoms with E-state index in [-0.39, 0.29) is 11.6 Å². The Hall–Kier alpha value is -0.843. The van der Waals surface area contributed by atoms with Crippen LogP contribution in [-0.4, -0.2) is 27.3 Å². The minimum atomic E-state index is -1.95. The van der Waals surface area contributed by atoms with E-state index in [0.29, 0.717) is 6.29 Å². The lowest BCUT2D eigenvalue weighted by atomic mass is 10.2. The standard InChI is InChI=1S/C9H19N3O2Si/c1-9(2,3)15(4,5)14-8(7-13)6-11-12-10/h7-8H,6H2,1-5H3/t8-/m0/s1. The van der Waals surface area contributed by atoms with E-state index >= 15 is 0 Å². The van der Waals surface area contributed by atoms with E-state index < -0.39 is 14.4 Å². The van der Waals surface area contributed by atoms with Gasteiger partial charge in [-0.15, -0.1) is 0 Å². The van der Waals surface area contributed by atoms with Gasteiger partial charge in [0.15, 0.2) is 8.32 Å². The van der Waals surface area contributed by atoms with Gasteiger partial charge in [0.25, 0.3) is 0 Å². The van der Waals surface area contributed by atoms with Crippen LogP contribution in [0.4, 0.5) is 0 Å². The second-order valence-corrected chi connectivity index (χ2v) is 9.72. The third kappa shape index (κ3) is 4.46. The fraction of sp³-hybridized carbons (Fsp3) is 0.889. The van der Waals surface area contributed by atoms with Crippen LogP contribution in [0.25, 0.3) is 10.4 Å². The van der Waals surface area contributed by atoms with Crippen molar-refractivity contribution in [3.8, 4) is 0 Å². The molecule has 0 aromatic heterocycles. The molecule has 0 N–H and O–H groups in total. The van der Waals surface area contributed by atoms with E-state index in [0.717, 1.165) is 0 Å². The molecule has 0 heterocycles. The fourth-order valence-corrected chi connectivity index (χ4v) is 2.02. The van der Waals surface area contributed by atoms with Crippen molar-refractivity contribution in [3.63, 3.8) is 0 Å². The summed E-state index contributed by atoms with van der Waals surface area (Å²) in [6.07, 6.45) is 0.0941. The van der Waals surface area contributed by atoms with E-state index in [1.54, 1.807) is 0 Å². The maximum Gasteiger partial charge on any atom is 0.193 e. The zero-order valence-corrected chi connectivity index (χ0v) is 11.0. The van der Waals surface area contributed by atoms with E-state index in [4.69, 9.17) is 9.96 Å². The second-order valence-electron chi connectivity index (χ2n) is 4.97. The van der Waals surface area contributed by atoms with Crippen LogP contribution in [-0.2, 0) is 9.22 Å². The monoisotopic (exact) mass is 229 g/mol. The van der Waals surface area contributed by atoms with Gasteiger partial charge in [0.05, 0.1) is 6.54 Å². The highest BCUT2D eigenvalue weighted by atomic mass is 28.4. The second kappa shape index (κ2) is 5.30. The van der Waals surface area contributed by atoms with Crippen molar-refractivity contribution < 1.29 is 9.22 Å². The summed E-state index contributed by atoms with van der Waals surface area (Å²) in [7, 11) is -1.95. The number of aldehydes is 1. The number of nitrogens with zero attached hydrogens (tertiary/aromatic N) is 3. The highest BCUT2D eigenvalue weighted by Crippen LogP contribution is 2.37. The zero-order chi connectivity index (χ0) is 12.1. The quantitative estimate of drug-likeness (QED) is 0.239. The van der Waals surface area contributed by atoms with E-state index in [9.17, 15) is 4.79 Å². The van der Waals surface area contributed by atoms with Crippen molar-refractivity contribution in [1.29, 1.82) is 0 Å². The fourth-order valence-electron chi connectivity index (χ4n) is 0.780. The molecular formula is C9H19N3O2Si. The number of carbonyl (C=O) groups is 1. The lowest BCUT2D eigenvalue weighted by Crippen LogP contribution is -2.45. The first kappa shape index (κ1) is 14.2. The molecule has 0 aromatic carbocycles. The SMILES string of the molecule is CC(C)(C)[Si](C)(C)O[C@H](C=O)CN=[N+]=[N-]. The van der Waals surface area contributed by atoms with Crippen molar-refractivity contribution in [2.24, 2.45) is 5.11 Å². The van der Waals surface area contributed by atoms with E-state index in [2.05, 4.69) is 43.9 Å². The predicted octanol–water partition coefficient (Wildman–Crippen LogP) is 2.89. The molecule has 0 aliphatic carbocycles. The summed E-state index contributed by atoms with van der Waals surface area (Å²) in [6.45, 7) is 10.5. The van der Waals surface area contributed by atoms with E-state index in [1.165, 1.54) is 0 Å². The van der Waals surface area contributed by atoms with Crippen LogP contribution in [0.3, 0.4) is 0 Å². The number of azide groups is 1. The predicted molar refractivity (Wildman–Crippen MR) is 62.1 cm³/mol. The summed E-state index contributed by atoms with van der Waals surface area (Å²) < 4.78 is 5.76. The number of hydrogen-bond acceptors (Lipinski definition) is 3. The average Bonchev–Trinajstić information content (AvgIpc) is 2.10. The molecule has 15 heavy (non-hydrogen) atoms. The Kier molecular flexibility index (Phi) is 5.00. The summed E-state index contributed by atoms with van der Waals surface area (Å²) in [6, 6.07) is 0. The summed E-state index contributed by atoms with van der Waals surface area (Å²) in [5.41, 5.74) is 8.17. The Balaban J connectivity index is 4.53. The summed E-state index contributed by atoms with van der Waals surface area (Å²) >= 11 is 0. The molecule has 0 saturated carbocycles. The summed E-state index contributed by atoms with van der Waals surface area (Å²) in [5, 5.41) is 3.40. The lowest BCUT2D eigenvalue weighted by Gasteiger charge is -2.37. The van der Waals surface area contributed by atoms with Gasteiger partial charge in [-0.1, -0.05) is 25.9 Å². The third-order valence-corrected chi connectivity index (χ3v) is 7.23. The van der Waals surface area contributed by atoms with Gasteiger partial charge in [0.2, 0.25) is 0 Å². The van der Waals surface area contributed by atoms with Gasteiger partial charge in [-0.2, -0.15) is 0 Å². The Morgan fingerprint density at radius 2 is 2.07 bits per heavy atom. The van der Waals surface area contributed by atoms with Crippen LogP contribution in [0.2, 0.25) is 18.1 Å². The van der Waals surface area contributed by atoms with Gasteiger partial charge in [-0.3, -0.25) is 0 Å². The number of hydrogen-bond donors (Lipinski definition) is 0. The molecule has 0 bridgehead atoms. The van der Waals surface area contributed by atoms with Crippen LogP contribution in [0.1, 0.15) is 20.8 Å². The normalized spacial score (nSPS) is 14.2. The van der Waals surface area contributed by atoms with Gasteiger partial charge in [-0.25, -0.2) is 0 Å². The Bertz CT molecular complexity index is 267. The van der Waals surface area contributed by atoms with Crippen molar-refractivity contribution in [3.05, 3.63) is 10.4 Å². The van der Waals surface area contributed by atoms with Crippen LogP contribution in [0, 0.1) is 0 Å². The lowest BCUT2D eigenvalue weighted by molar-refractivity contribution is -0.113. The topological polar surface area (TPSA) is 75.1 Å². The molecule has 1 atom stereocenters. The van der Waals surface area contributed by atoms with E-state index in [1.807, 2.05) is 0 Å². The molecular weight excluding hydrogens is 210 g/mol. The molecule has 0 aliphatic heterocycles. The molecule has 6 heteroatoms. The van der Waals surface area contributed by atoms with Gasteiger partial charge in [-0.05, 0) is 23.7 Å². The molecule has 0 radical (unpaired) electrons. The van der Waals surface area contributed by atoms with Crippen LogP contribution in [0.15, 0.2) is 5.11 Å². The Morgan fingerprint density at radius 1 is 1.53 bits per heavy atom. The van der Waals surface area contributed by atoms with Crippen LogP contribution >= 0.6 is 0 Å². The van der Waals surface area contributed by atoms with Crippen molar-refractivity contribution in [1.82, 2.24) is 0 Å². The van der Waals surface area contributed by atoms with Crippen molar-refractivity contribution in [2.75, 3.05) is 6.54 Å². The van der Waals surface area contributed by atoms with Gasteiger partial charge in [0, 0.05) is 4.91 Å². The molecule has 0 saturated heterocycles. The molecule has 0 fully saturated rings. The van der Waals surface area contributed by atoms with Crippen molar-refractivity contribution >= 4 is 14.6 Å². The maximum absolute atomic E-state index is 10.7. The highest BCUT2D eigenvalue weighted by Gasteiger charge is 2.38. The van der Waals surface area contributed by atoms with Crippen molar-refractivity contribution in [2.45, 2.75) is 45.0 Å². The van der Waals surface area contributed by atoms with Crippen LogP contribution in [0.5, 0.6) is 0 Å². The molecule has 0 aromatic rings. The molecule has 0 aliphatic rings. The minimum absolute atomic E-state index is 0.0462. The van der Waals surface area contributed by atoms with Gasteiger partial charge in [0.1, 0.15) is 12.4 Å². The molecule has 0 rings (SSSR count).